The Morgan fingerprint density at radius 2 is 1.62 bits per heavy atom. The minimum Gasteiger partial charge on any atom is -0.444 e. The van der Waals surface area contributed by atoms with E-state index >= 15 is 0 Å². The van der Waals surface area contributed by atoms with E-state index in [2.05, 4.69) is 10.6 Å². The van der Waals surface area contributed by atoms with Gasteiger partial charge in [0.25, 0.3) is 0 Å². The first-order valence-corrected chi connectivity index (χ1v) is 15.1. The van der Waals surface area contributed by atoms with Crippen LogP contribution in [-0.4, -0.2) is 135 Å². The third-order valence-corrected chi connectivity index (χ3v) is 8.59. The average Bonchev–Trinajstić information content (AvgIpc) is 2.92. The quantitative estimate of drug-likeness (QED) is 0.143. The summed E-state index contributed by atoms with van der Waals surface area (Å²) in [6.07, 6.45) is -10.8. The zero-order chi connectivity index (χ0) is 31.5. The fraction of sp³-hybridized carbons (Fsp3) is 0.964. The molecule has 1 saturated carbocycles. The Kier molecular flexibility index (Phi) is 12.4. The monoisotopic (exact) mass is 607 g/mol. The summed E-state index contributed by atoms with van der Waals surface area (Å²) in [5, 5.41) is 70.5. The largest absolute Gasteiger partial charge is 0.444 e. The number of nitrogens with one attached hydrogen (secondary N) is 2. The van der Waals surface area contributed by atoms with Gasteiger partial charge in [-0.3, -0.25) is 0 Å². The van der Waals surface area contributed by atoms with Gasteiger partial charge in [0.05, 0.1) is 37.1 Å². The zero-order valence-electron chi connectivity index (χ0n) is 25.5. The van der Waals surface area contributed by atoms with E-state index < -0.39 is 109 Å². The van der Waals surface area contributed by atoms with Gasteiger partial charge in [0.15, 0.2) is 6.29 Å². The lowest BCUT2D eigenvalue weighted by Crippen LogP contribution is -2.70. The summed E-state index contributed by atoms with van der Waals surface area (Å²) in [6.45, 7) is 10.7. The third kappa shape index (κ3) is 7.91. The molecule has 14 nitrogen and oxygen atoms in total. The van der Waals surface area contributed by atoms with Gasteiger partial charge in [0.2, 0.25) is 0 Å². The predicted octanol–water partition coefficient (Wildman–Crippen LogP) is -1.68. The van der Waals surface area contributed by atoms with E-state index in [0.29, 0.717) is 13.0 Å². The Morgan fingerprint density at radius 3 is 2.19 bits per heavy atom. The first kappa shape index (κ1) is 35.3. The van der Waals surface area contributed by atoms with Crippen LogP contribution in [0.4, 0.5) is 4.79 Å². The van der Waals surface area contributed by atoms with E-state index in [9.17, 15) is 35.4 Å². The molecule has 0 aromatic heterocycles. The van der Waals surface area contributed by atoms with E-state index in [-0.39, 0.29) is 6.42 Å². The van der Waals surface area contributed by atoms with E-state index in [1.54, 1.807) is 27.7 Å². The van der Waals surface area contributed by atoms with Crippen molar-refractivity contribution < 1.29 is 54.4 Å². The van der Waals surface area contributed by atoms with Crippen LogP contribution >= 0.6 is 0 Å². The maximum Gasteiger partial charge on any atom is 0.407 e. The fourth-order valence-electron chi connectivity index (χ4n) is 6.30. The Labute approximate surface area is 247 Å². The maximum absolute atomic E-state index is 13.0. The molecule has 2 aliphatic heterocycles. The van der Waals surface area contributed by atoms with Gasteiger partial charge in [0, 0.05) is 23.9 Å². The molecular formula is C28H53N3O11. The van der Waals surface area contributed by atoms with Gasteiger partial charge in [-0.05, 0) is 46.6 Å². The average molecular weight is 608 g/mol. The number of rotatable bonds is 9. The summed E-state index contributed by atoms with van der Waals surface area (Å²) in [5.74, 6) is -1.48. The molecule has 15 atom stereocenters. The molecule has 0 spiro atoms. The van der Waals surface area contributed by atoms with Crippen LogP contribution in [0.2, 0.25) is 0 Å². The molecule has 0 aromatic rings. The highest BCUT2D eigenvalue weighted by molar-refractivity contribution is 5.68. The Morgan fingerprint density at radius 1 is 0.952 bits per heavy atom. The highest BCUT2D eigenvalue weighted by Gasteiger charge is 2.55. The molecule has 2 heterocycles. The van der Waals surface area contributed by atoms with Crippen LogP contribution in [0.1, 0.15) is 60.8 Å². The second-order valence-electron chi connectivity index (χ2n) is 12.9. The molecule has 0 aromatic carbocycles. The van der Waals surface area contributed by atoms with Crippen LogP contribution in [0.5, 0.6) is 0 Å². The number of ether oxygens (including phenoxy) is 4. The fourth-order valence-corrected chi connectivity index (χ4v) is 6.30. The number of nitrogens with two attached hydrogens (primary N) is 1. The van der Waals surface area contributed by atoms with Gasteiger partial charge in [-0.2, -0.15) is 0 Å². The van der Waals surface area contributed by atoms with Crippen LogP contribution in [-0.2, 0) is 18.9 Å². The van der Waals surface area contributed by atoms with Crippen LogP contribution in [0.3, 0.4) is 0 Å². The van der Waals surface area contributed by atoms with Crippen molar-refractivity contribution in [3.63, 3.8) is 0 Å². The Hall–Kier alpha value is -1.17. The molecule has 1 amide bonds. The summed E-state index contributed by atoms with van der Waals surface area (Å²) in [5.41, 5.74) is 5.22. The second-order valence-corrected chi connectivity index (χ2v) is 12.9. The lowest BCUT2D eigenvalue weighted by molar-refractivity contribution is -0.309. The SMILES string of the molecule is CCCNC1CC(NC(=O)OC(C)(C)C)C(C2OC(CC)C(O)C(O)C2C)C(O)C1OC1OC(CO)C(O)C(N)C1O. The molecule has 0 radical (unpaired) electrons. The molecule has 1 aliphatic carbocycles. The number of amides is 1. The number of aliphatic hydroxyl groups excluding tert-OH is 6. The summed E-state index contributed by atoms with van der Waals surface area (Å²) >= 11 is 0. The van der Waals surface area contributed by atoms with Crippen molar-refractivity contribution in [2.24, 2.45) is 17.6 Å². The number of hydrogen-bond donors (Lipinski definition) is 9. The van der Waals surface area contributed by atoms with Crippen molar-refractivity contribution in [3.8, 4) is 0 Å². The number of hydrogen-bond acceptors (Lipinski definition) is 13. The van der Waals surface area contributed by atoms with Crippen molar-refractivity contribution in [3.05, 3.63) is 0 Å². The molecule has 246 valence electrons. The smallest absolute Gasteiger partial charge is 0.407 e. The Bertz CT molecular complexity index is 859. The first-order valence-electron chi connectivity index (χ1n) is 15.1. The molecule has 10 N–H and O–H groups in total. The summed E-state index contributed by atoms with van der Waals surface area (Å²) < 4.78 is 23.7. The van der Waals surface area contributed by atoms with E-state index in [1.165, 1.54) is 0 Å². The summed E-state index contributed by atoms with van der Waals surface area (Å²) in [4.78, 5) is 13.0. The molecule has 3 aliphatic rings. The first-order chi connectivity index (χ1) is 19.6. The molecule has 14 heteroatoms. The number of carbonyl (C=O) groups excluding carboxylic acids is 1. The predicted molar refractivity (Wildman–Crippen MR) is 150 cm³/mol. The third-order valence-electron chi connectivity index (χ3n) is 8.59. The van der Waals surface area contributed by atoms with Crippen molar-refractivity contribution in [2.45, 2.75) is 146 Å². The van der Waals surface area contributed by atoms with Crippen LogP contribution in [0, 0.1) is 11.8 Å². The normalized spacial score (nSPS) is 44.9. The Balaban J connectivity index is 1.99. The van der Waals surface area contributed by atoms with Crippen molar-refractivity contribution in [2.75, 3.05) is 13.2 Å². The molecule has 3 rings (SSSR count). The maximum atomic E-state index is 13.0. The molecular weight excluding hydrogens is 554 g/mol. The van der Waals surface area contributed by atoms with E-state index in [4.69, 9.17) is 24.7 Å². The molecule has 15 unspecified atom stereocenters. The van der Waals surface area contributed by atoms with Gasteiger partial charge in [0.1, 0.15) is 36.1 Å². The minimum absolute atomic E-state index is 0.245. The topological polar surface area (TPSA) is 225 Å². The van der Waals surface area contributed by atoms with Gasteiger partial charge >= 0.3 is 6.09 Å². The van der Waals surface area contributed by atoms with Crippen molar-refractivity contribution >= 4 is 6.09 Å². The minimum atomic E-state index is -1.47. The molecule has 42 heavy (non-hydrogen) atoms. The number of alkyl carbamates (subject to hydrolysis) is 1. The van der Waals surface area contributed by atoms with Gasteiger partial charge in [-0.25, -0.2) is 4.79 Å². The second kappa shape index (κ2) is 14.7. The van der Waals surface area contributed by atoms with Gasteiger partial charge in [-0.15, -0.1) is 0 Å². The van der Waals surface area contributed by atoms with Gasteiger partial charge < -0.3 is 66.0 Å². The molecule has 0 bridgehead atoms. The molecule has 3 fully saturated rings. The zero-order valence-corrected chi connectivity index (χ0v) is 25.5. The summed E-state index contributed by atoms with van der Waals surface area (Å²) in [6, 6.07) is -2.44. The highest BCUT2D eigenvalue weighted by Crippen LogP contribution is 2.40. The van der Waals surface area contributed by atoms with Crippen LogP contribution < -0.4 is 16.4 Å². The van der Waals surface area contributed by atoms with Gasteiger partial charge in [-0.1, -0.05) is 20.8 Å². The lowest BCUT2D eigenvalue weighted by Gasteiger charge is -2.53. The lowest BCUT2D eigenvalue weighted by atomic mass is 9.69. The van der Waals surface area contributed by atoms with Crippen molar-refractivity contribution in [1.82, 2.24) is 10.6 Å². The van der Waals surface area contributed by atoms with Crippen LogP contribution in [0.15, 0.2) is 0 Å². The van der Waals surface area contributed by atoms with Crippen LogP contribution in [0.25, 0.3) is 0 Å². The summed E-state index contributed by atoms with van der Waals surface area (Å²) in [7, 11) is 0. The standard InChI is InChI=1S/C28H53N3O11/c1-7-9-30-14-10-13(31-27(38)42-28(4,5)6)17(24-12(3)19(33)21(35)15(8-2)39-24)22(36)25(14)41-26-23(37)18(29)20(34)16(11-32)40-26/h12-26,30,32-37H,7-11,29H2,1-6H3,(H,31,38). The number of carbonyl (C=O) groups is 1. The number of aliphatic hydroxyl groups is 6. The van der Waals surface area contributed by atoms with Crippen molar-refractivity contribution in [1.29, 1.82) is 0 Å². The van der Waals surface area contributed by atoms with E-state index in [1.807, 2.05) is 13.8 Å². The highest BCUT2D eigenvalue weighted by atomic mass is 16.7. The molecule has 2 saturated heterocycles. The van der Waals surface area contributed by atoms with E-state index in [0.717, 1.165) is 6.42 Å².